The molecule has 0 aliphatic carbocycles. The number of pyridine rings is 2. The zero-order valence-electron chi connectivity index (χ0n) is 15.3. The molecule has 2 heterocycles. The fraction of sp³-hybridized carbons (Fsp3) is 0.200. The van der Waals surface area contributed by atoms with Crippen LogP contribution in [0.4, 0.5) is 21.6 Å². The smallest absolute Gasteiger partial charge is 0.225 e. The van der Waals surface area contributed by atoms with Gasteiger partial charge in [0.2, 0.25) is 5.91 Å². The van der Waals surface area contributed by atoms with Crippen molar-refractivity contribution in [1.82, 2.24) is 9.97 Å². The SMILES string of the molecule is Cc1c(N)cncc1-c1cc2cc(NC(=O)CCCC=O)ncc2c(N)c1F. The predicted octanol–water partition coefficient (Wildman–Crippen LogP) is 3.22. The summed E-state index contributed by atoms with van der Waals surface area (Å²) in [6, 6.07) is 3.26. The first-order valence-electron chi connectivity index (χ1n) is 8.74. The van der Waals surface area contributed by atoms with E-state index < -0.39 is 5.82 Å². The van der Waals surface area contributed by atoms with Crippen LogP contribution in [0.2, 0.25) is 0 Å². The third-order valence-corrected chi connectivity index (χ3v) is 4.54. The molecule has 0 saturated carbocycles. The highest BCUT2D eigenvalue weighted by Gasteiger charge is 2.16. The van der Waals surface area contributed by atoms with Gasteiger partial charge in [0.05, 0.1) is 17.6 Å². The monoisotopic (exact) mass is 381 g/mol. The average Bonchev–Trinajstić information content (AvgIpc) is 2.67. The van der Waals surface area contributed by atoms with Gasteiger partial charge < -0.3 is 21.6 Å². The number of aromatic nitrogens is 2. The molecule has 0 aliphatic heterocycles. The van der Waals surface area contributed by atoms with Gasteiger partial charge in [0.25, 0.3) is 0 Å². The molecular formula is C20H20FN5O2. The number of halogens is 1. The summed E-state index contributed by atoms with van der Waals surface area (Å²) in [5, 5.41) is 3.73. The zero-order chi connectivity index (χ0) is 20.3. The number of nitrogen functional groups attached to an aromatic ring is 2. The molecule has 144 valence electrons. The number of carbonyl (C=O) groups excluding carboxylic acids is 2. The molecule has 3 aromatic rings. The van der Waals surface area contributed by atoms with Crippen LogP contribution in [0.3, 0.4) is 0 Å². The van der Waals surface area contributed by atoms with Gasteiger partial charge >= 0.3 is 0 Å². The molecule has 0 aliphatic rings. The number of aldehydes is 1. The van der Waals surface area contributed by atoms with E-state index in [4.69, 9.17) is 11.5 Å². The van der Waals surface area contributed by atoms with Crippen LogP contribution < -0.4 is 16.8 Å². The Morgan fingerprint density at radius 1 is 1.21 bits per heavy atom. The molecule has 3 rings (SSSR count). The van der Waals surface area contributed by atoms with Gasteiger partial charge in [0, 0.05) is 41.7 Å². The van der Waals surface area contributed by atoms with Gasteiger partial charge in [-0.3, -0.25) is 9.78 Å². The number of nitrogens with two attached hydrogens (primary N) is 2. The number of rotatable bonds is 6. The van der Waals surface area contributed by atoms with Crippen molar-refractivity contribution in [3.63, 3.8) is 0 Å². The third kappa shape index (κ3) is 3.75. The predicted molar refractivity (Wildman–Crippen MR) is 107 cm³/mol. The summed E-state index contributed by atoms with van der Waals surface area (Å²) in [4.78, 5) is 30.5. The van der Waals surface area contributed by atoms with E-state index in [0.29, 0.717) is 46.2 Å². The minimum atomic E-state index is -0.574. The second kappa shape index (κ2) is 7.99. The van der Waals surface area contributed by atoms with Gasteiger partial charge in [-0.25, -0.2) is 9.37 Å². The minimum absolute atomic E-state index is 0.0364. The molecule has 0 spiro atoms. The molecule has 0 fully saturated rings. The Morgan fingerprint density at radius 2 is 2.00 bits per heavy atom. The lowest BCUT2D eigenvalue weighted by Gasteiger charge is -2.13. The first-order chi connectivity index (χ1) is 13.4. The number of nitrogens with one attached hydrogen (secondary N) is 1. The highest BCUT2D eigenvalue weighted by atomic mass is 19.1. The molecule has 1 amide bonds. The highest BCUT2D eigenvalue weighted by Crippen LogP contribution is 2.35. The normalized spacial score (nSPS) is 10.8. The quantitative estimate of drug-likeness (QED) is 0.342. The van der Waals surface area contributed by atoms with Gasteiger partial charge in [-0.15, -0.1) is 0 Å². The summed E-state index contributed by atoms with van der Waals surface area (Å²) in [7, 11) is 0. The van der Waals surface area contributed by atoms with Gasteiger partial charge in [-0.2, -0.15) is 0 Å². The topological polar surface area (TPSA) is 124 Å². The van der Waals surface area contributed by atoms with Crippen LogP contribution >= 0.6 is 0 Å². The fourth-order valence-corrected chi connectivity index (χ4v) is 2.93. The van der Waals surface area contributed by atoms with E-state index in [1.54, 1.807) is 19.1 Å². The first kappa shape index (κ1) is 19.2. The molecule has 28 heavy (non-hydrogen) atoms. The van der Waals surface area contributed by atoms with Gasteiger partial charge in [-0.05, 0) is 36.4 Å². The van der Waals surface area contributed by atoms with Crippen molar-refractivity contribution in [3.8, 4) is 11.1 Å². The summed E-state index contributed by atoms with van der Waals surface area (Å²) in [5.74, 6) is -0.502. The van der Waals surface area contributed by atoms with E-state index in [1.807, 2.05) is 0 Å². The van der Waals surface area contributed by atoms with Crippen molar-refractivity contribution >= 4 is 40.2 Å². The number of nitrogens with zero attached hydrogens (tertiary/aromatic N) is 2. The highest BCUT2D eigenvalue weighted by molar-refractivity contribution is 6.00. The summed E-state index contributed by atoms with van der Waals surface area (Å²) < 4.78 is 14.9. The van der Waals surface area contributed by atoms with Gasteiger partial charge in [0.1, 0.15) is 12.1 Å². The van der Waals surface area contributed by atoms with Crippen LogP contribution in [0.1, 0.15) is 24.8 Å². The molecule has 0 saturated heterocycles. The van der Waals surface area contributed by atoms with Gasteiger partial charge in [0.15, 0.2) is 5.82 Å². The summed E-state index contributed by atoms with van der Waals surface area (Å²) >= 11 is 0. The lowest BCUT2D eigenvalue weighted by molar-refractivity contribution is -0.116. The molecular weight excluding hydrogens is 361 g/mol. The van der Waals surface area contributed by atoms with Crippen molar-refractivity contribution in [3.05, 3.63) is 42.1 Å². The largest absolute Gasteiger partial charge is 0.397 e. The lowest BCUT2D eigenvalue weighted by atomic mass is 9.97. The number of benzene rings is 1. The second-order valence-corrected chi connectivity index (χ2v) is 6.45. The van der Waals surface area contributed by atoms with Crippen LogP contribution in [0, 0.1) is 12.7 Å². The Morgan fingerprint density at radius 3 is 2.75 bits per heavy atom. The van der Waals surface area contributed by atoms with E-state index >= 15 is 0 Å². The number of unbranched alkanes of at least 4 members (excludes halogenated alkanes) is 1. The molecule has 0 radical (unpaired) electrons. The Hall–Kier alpha value is -3.55. The molecule has 7 nitrogen and oxygen atoms in total. The van der Waals surface area contributed by atoms with Crippen molar-refractivity contribution in [1.29, 1.82) is 0 Å². The van der Waals surface area contributed by atoms with Crippen molar-refractivity contribution in [2.24, 2.45) is 0 Å². The summed E-state index contributed by atoms with van der Waals surface area (Å²) in [6.07, 6.45) is 6.23. The molecule has 0 atom stereocenters. The number of amides is 1. The fourth-order valence-electron chi connectivity index (χ4n) is 2.93. The third-order valence-electron chi connectivity index (χ3n) is 4.54. The van der Waals surface area contributed by atoms with Crippen molar-refractivity contribution < 1.29 is 14.0 Å². The van der Waals surface area contributed by atoms with Crippen LogP contribution in [0.25, 0.3) is 21.9 Å². The van der Waals surface area contributed by atoms with Crippen LogP contribution in [0.5, 0.6) is 0 Å². The van der Waals surface area contributed by atoms with Crippen LogP contribution in [0.15, 0.2) is 30.7 Å². The van der Waals surface area contributed by atoms with E-state index in [0.717, 1.165) is 6.29 Å². The number of anilines is 3. The Balaban J connectivity index is 2.01. The summed E-state index contributed by atoms with van der Waals surface area (Å²) in [6.45, 7) is 1.78. The molecule has 0 unspecified atom stereocenters. The Bertz CT molecular complexity index is 1070. The lowest BCUT2D eigenvalue weighted by Crippen LogP contribution is -2.12. The van der Waals surface area contributed by atoms with E-state index in [9.17, 15) is 14.0 Å². The average molecular weight is 381 g/mol. The zero-order valence-corrected chi connectivity index (χ0v) is 15.3. The maximum Gasteiger partial charge on any atom is 0.225 e. The van der Waals surface area contributed by atoms with Crippen molar-refractivity contribution in [2.45, 2.75) is 26.2 Å². The maximum absolute atomic E-state index is 14.9. The molecule has 2 aromatic heterocycles. The van der Waals surface area contributed by atoms with E-state index in [-0.39, 0.29) is 23.6 Å². The summed E-state index contributed by atoms with van der Waals surface area (Å²) in [5.41, 5.74) is 13.8. The Kier molecular flexibility index (Phi) is 5.49. The first-order valence-corrected chi connectivity index (χ1v) is 8.74. The molecule has 0 bridgehead atoms. The standard InChI is InChI=1S/C20H20FN5O2/c1-11-14(8-24-10-16(11)22)13-6-12-7-17(26-18(28)4-2-3-5-27)25-9-15(12)20(23)19(13)21/h5-10H,2-4,22-23H2,1H3,(H,25,26,28). The van der Waals surface area contributed by atoms with E-state index in [2.05, 4.69) is 15.3 Å². The molecule has 8 heteroatoms. The van der Waals surface area contributed by atoms with Gasteiger partial charge in [-0.1, -0.05) is 0 Å². The second-order valence-electron chi connectivity index (χ2n) is 6.45. The molecule has 5 N–H and O–H groups in total. The number of hydrogen-bond acceptors (Lipinski definition) is 6. The number of fused-ring (bicyclic) bond motifs is 1. The van der Waals surface area contributed by atoms with Crippen molar-refractivity contribution in [2.75, 3.05) is 16.8 Å². The maximum atomic E-state index is 14.9. The number of hydrogen-bond donors (Lipinski definition) is 3. The number of carbonyl (C=O) groups is 2. The van der Waals surface area contributed by atoms with Crippen LogP contribution in [-0.2, 0) is 9.59 Å². The molecule has 1 aromatic carbocycles. The van der Waals surface area contributed by atoms with Crippen LogP contribution in [-0.4, -0.2) is 22.2 Å². The minimum Gasteiger partial charge on any atom is -0.397 e. The van der Waals surface area contributed by atoms with E-state index in [1.165, 1.54) is 18.6 Å². The Labute approximate surface area is 161 Å².